The predicted molar refractivity (Wildman–Crippen MR) is 72.7 cm³/mol. The standard InChI is InChI=1S/C15H16N2O3/c1-19-15-13(16-6-7-17-15)14(18)11-8-10-4-2-3-5-12(10)20-9-11/h2-7,11,14,18H,8-9H2,1H3. The van der Waals surface area contributed by atoms with E-state index in [9.17, 15) is 5.11 Å². The van der Waals surface area contributed by atoms with Crippen molar-refractivity contribution in [3.05, 3.63) is 47.9 Å². The second kappa shape index (κ2) is 5.46. The molecule has 1 aromatic carbocycles. The number of nitrogens with zero attached hydrogens (tertiary/aromatic N) is 2. The van der Waals surface area contributed by atoms with E-state index < -0.39 is 6.10 Å². The molecule has 1 aliphatic rings. The number of ether oxygens (including phenoxy) is 2. The van der Waals surface area contributed by atoms with Gasteiger partial charge < -0.3 is 14.6 Å². The van der Waals surface area contributed by atoms with Crippen LogP contribution in [0, 0.1) is 5.92 Å². The molecule has 104 valence electrons. The number of hydrogen-bond donors (Lipinski definition) is 1. The Morgan fingerprint density at radius 2 is 2.10 bits per heavy atom. The lowest BCUT2D eigenvalue weighted by Crippen LogP contribution is -2.27. The molecule has 0 aliphatic carbocycles. The van der Waals surface area contributed by atoms with Crippen LogP contribution in [0.5, 0.6) is 11.6 Å². The van der Waals surface area contributed by atoms with E-state index in [1.165, 1.54) is 7.11 Å². The summed E-state index contributed by atoms with van der Waals surface area (Å²) >= 11 is 0. The van der Waals surface area contributed by atoms with Crippen LogP contribution in [0.2, 0.25) is 0 Å². The normalized spacial score (nSPS) is 18.8. The molecule has 2 unspecified atom stereocenters. The smallest absolute Gasteiger partial charge is 0.238 e. The molecule has 0 bridgehead atoms. The molecule has 1 N–H and O–H groups in total. The van der Waals surface area contributed by atoms with Crippen molar-refractivity contribution in [1.29, 1.82) is 0 Å². The minimum absolute atomic E-state index is 0.0597. The molecule has 20 heavy (non-hydrogen) atoms. The third kappa shape index (κ3) is 2.32. The summed E-state index contributed by atoms with van der Waals surface area (Å²) < 4.78 is 10.9. The van der Waals surface area contributed by atoms with E-state index in [1.807, 2.05) is 24.3 Å². The van der Waals surface area contributed by atoms with Crippen molar-refractivity contribution >= 4 is 0 Å². The number of hydrogen-bond acceptors (Lipinski definition) is 5. The second-order valence-electron chi connectivity index (χ2n) is 4.78. The zero-order valence-electron chi connectivity index (χ0n) is 11.2. The molecule has 0 fully saturated rings. The first-order chi connectivity index (χ1) is 9.79. The molecule has 1 aliphatic heterocycles. The Bertz CT molecular complexity index is 603. The van der Waals surface area contributed by atoms with Crippen LogP contribution in [0.1, 0.15) is 17.4 Å². The first-order valence-electron chi connectivity index (χ1n) is 6.53. The Morgan fingerprint density at radius 3 is 2.95 bits per heavy atom. The molecule has 0 saturated carbocycles. The average molecular weight is 272 g/mol. The van der Waals surface area contributed by atoms with E-state index >= 15 is 0 Å². The highest BCUT2D eigenvalue weighted by Gasteiger charge is 2.30. The van der Waals surface area contributed by atoms with E-state index in [4.69, 9.17) is 9.47 Å². The van der Waals surface area contributed by atoms with Crippen LogP contribution in [0.25, 0.3) is 0 Å². The summed E-state index contributed by atoms with van der Waals surface area (Å²) in [6.45, 7) is 0.456. The number of benzene rings is 1. The summed E-state index contributed by atoms with van der Waals surface area (Å²) in [4.78, 5) is 8.26. The Kier molecular flexibility index (Phi) is 3.52. The summed E-state index contributed by atoms with van der Waals surface area (Å²) in [5.74, 6) is 1.19. The molecule has 2 atom stereocenters. The number of rotatable bonds is 3. The molecule has 2 aromatic rings. The fourth-order valence-corrected chi connectivity index (χ4v) is 2.47. The number of aromatic nitrogens is 2. The van der Waals surface area contributed by atoms with Crippen molar-refractivity contribution in [2.75, 3.05) is 13.7 Å². The molecule has 3 rings (SSSR count). The van der Waals surface area contributed by atoms with Crippen LogP contribution in [-0.2, 0) is 6.42 Å². The predicted octanol–water partition coefficient (Wildman–Crippen LogP) is 1.77. The number of aliphatic hydroxyl groups excluding tert-OH is 1. The summed E-state index contributed by atoms with van der Waals surface area (Å²) in [5.41, 5.74) is 1.56. The minimum atomic E-state index is -0.757. The van der Waals surface area contributed by atoms with Gasteiger partial charge in [0.25, 0.3) is 0 Å². The second-order valence-corrected chi connectivity index (χ2v) is 4.78. The number of fused-ring (bicyclic) bond motifs is 1. The monoisotopic (exact) mass is 272 g/mol. The minimum Gasteiger partial charge on any atom is -0.493 e. The van der Waals surface area contributed by atoms with Crippen molar-refractivity contribution in [1.82, 2.24) is 9.97 Å². The Hall–Kier alpha value is -2.14. The number of para-hydroxylation sites is 1. The average Bonchev–Trinajstić information content (AvgIpc) is 2.53. The van der Waals surface area contributed by atoms with Crippen LogP contribution >= 0.6 is 0 Å². The van der Waals surface area contributed by atoms with Gasteiger partial charge in [0, 0.05) is 18.3 Å². The maximum Gasteiger partial charge on any atom is 0.238 e. The molecule has 0 radical (unpaired) electrons. The highest BCUT2D eigenvalue weighted by molar-refractivity contribution is 5.35. The third-order valence-corrected chi connectivity index (χ3v) is 3.52. The molecule has 5 heteroatoms. The maximum atomic E-state index is 10.5. The zero-order chi connectivity index (χ0) is 13.9. The van der Waals surface area contributed by atoms with Gasteiger partial charge in [0.15, 0.2) is 0 Å². The summed E-state index contributed by atoms with van der Waals surface area (Å²) in [6, 6.07) is 7.88. The quantitative estimate of drug-likeness (QED) is 0.922. The fourth-order valence-electron chi connectivity index (χ4n) is 2.47. The molecule has 2 heterocycles. The number of methoxy groups -OCH3 is 1. The molecule has 5 nitrogen and oxygen atoms in total. The van der Waals surface area contributed by atoms with Gasteiger partial charge in [0.05, 0.1) is 13.7 Å². The van der Waals surface area contributed by atoms with Crippen LogP contribution < -0.4 is 9.47 Å². The van der Waals surface area contributed by atoms with E-state index in [-0.39, 0.29) is 5.92 Å². The van der Waals surface area contributed by atoms with Gasteiger partial charge in [-0.25, -0.2) is 4.98 Å². The Labute approximate surface area is 117 Å². The first-order valence-corrected chi connectivity index (χ1v) is 6.53. The Morgan fingerprint density at radius 1 is 1.30 bits per heavy atom. The highest BCUT2D eigenvalue weighted by Crippen LogP contribution is 2.34. The topological polar surface area (TPSA) is 64.5 Å². The lowest BCUT2D eigenvalue weighted by Gasteiger charge is -2.28. The van der Waals surface area contributed by atoms with Crippen molar-refractivity contribution in [2.45, 2.75) is 12.5 Å². The number of aliphatic hydroxyl groups is 1. The lowest BCUT2D eigenvalue weighted by atomic mass is 9.90. The van der Waals surface area contributed by atoms with Gasteiger partial charge in [0.2, 0.25) is 5.88 Å². The molecular weight excluding hydrogens is 256 g/mol. The first kappa shape index (κ1) is 12.9. The summed E-state index contributed by atoms with van der Waals surface area (Å²) in [6.07, 6.45) is 3.09. The van der Waals surface area contributed by atoms with E-state index in [2.05, 4.69) is 9.97 Å². The summed E-state index contributed by atoms with van der Waals surface area (Å²) in [5, 5.41) is 10.5. The van der Waals surface area contributed by atoms with Crippen molar-refractivity contribution < 1.29 is 14.6 Å². The lowest BCUT2D eigenvalue weighted by molar-refractivity contribution is 0.0589. The highest BCUT2D eigenvalue weighted by atomic mass is 16.5. The fraction of sp³-hybridized carbons (Fsp3) is 0.333. The third-order valence-electron chi connectivity index (χ3n) is 3.52. The van der Waals surface area contributed by atoms with Gasteiger partial charge in [0.1, 0.15) is 17.5 Å². The van der Waals surface area contributed by atoms with Gasteiger partial charge >= 0.3 is 0 Å². The van der Waals surface area contributed by atoms with Crippen LogP contribution in [-0.4, -0.2) is 28.8 Å². The summed E-state index contributed by atoms with van der Waals surface area (Å²) in [7, 11) is 1.52. The van der Waals surface area contributed by atoms with Crippen molar-refractivity contribution in [2.24, 2.45) is 5.92 Å². The molecular formula is C15H16N2O3. The van der Waals surface area contributed by atoms with Crippen molar-refractivity contribution in [3.8, 4) is 11.6 Å². The van der Waals surface area contributed by atoms with Crippen LogP contribution in [0.3, 0.4) is 0 Å². The van der Waals surface area contributed by atoms with Gasteiger partial charge in [-0.05, 0) is 18.1 Å². The molecule has 0 spiro atoms. The Balaban J connectivity index is 1.84. The van der Waals surface area contributed by atoms with Crippen molar-refractivity contribution in [3.63, 3.8) is 0 Å². The van der Waals surface area contributed by atoms with E-state index in [0.717, 1.165) is 17.7 Å². The SMILES string of the molecule is COc1nccnc1C(O)C1COc2ccccc2C1. The van der Waals surface area contributed by atoms with E-state index in [1.54, 1.807) is 12.4 Å². The molecule has 0 saturated heterocycles. The molecule has 1 aromatic heterocycles. The van der Waals surface area contributed by atoms with Gasteiger partial charge in [-0.15, -0.1) is 0 Å². The van der Waals surface area contributed by atoms with Crippen LogP contribution in [0.15, 0.2) is 36.7 Å². The van der Waals surface area contributed by atoms with Gasteiger partial charge in [-0.1, -0.05) is 18.2 Å². The zero-order valence-corrected chi connectivity index (χ0v) is 11.2. The van der Waals surface area contributed by atoms with Gasteiger partial charge in [-0.3, -0.25) is 4.98 Å². The largest absolute Gasteiger partial charge is 0.493 e. The maximum absolute atomic E-state index is 10.5. The van der Waals surface area contributed by atoms with Gasteiger partial charge in [-0.2, -0.15) is 0 Å². The van der Waals surface area contributed by atoms with Crippen LogP contribution in [0.4, 0.5) is 0 Å². The molecule has 0 amide bonds. The van der Waals surface area contributed by atoms with E-state index in [0.29, 0.717) is 18.2 Å².